The quantitative estimate of drug-likeness (QED) is 0.195. The summed E-state index contributed by atoms with van der Waals surface area (Å²) < 4.78 is 5.88. The molecule has 0 aliphatic heterocycles. The number of nitrogens with two attached hydrogens (primary N) is 2. The van der Waals surface area contributed by atoms with Crippen molar-refractivity contribution in [2.24, 2.45) is 5.73 Å². The van der Waals surface area contributed by atoms with E-state index in [1.54, 1.807) is 6.20 Å². The molecule has 5 rings (SSSR count). The summed E-state index contributed by atoms with van der Waals surface area (Å²) in [6, 6.07) is 35.4. The molecule has 0 saturated heterocycles. The Balaban J connectivity index is 1.47. The highest BCUT2D eigenvalue weighted by Crippen LogP contribution is 2.35. The first-order chi connectivity index (χ1) is 17.1. The minimum absolute atomic E-state index is 0.105. The summed E-state index contributed by atoms with van der Waals surface area (Å²) in [6.45, 7) is 0. The molecule has 5 heteroatoms. The first kappa shape index (κ1) is 21.9. The van der Waals surface area contributed by atoms with E-state index in [2.05, 4.69) is 17.1 Å². The fourth-order valence-corrected chi connectivity index (χ4v) is 4.04. The number of nitrogens with zero attached hydrogens (tertiary/aromatic N) is 1. The molecule has 5 aromatic rings. The number of amidine groups is 1. The molecule has 35 heavy (non-hydrogen) atoms. The molecule has 0 spiro atoms. The van der Waals surface area contributed by atoms with Gasteiger partial charge in [-0.05, 0) is 41.0 Å². The molecule has 0 amide bonds. The van der Waals surface area contributed by atoms with E-state index in [4.69, 9.17) is 21.6 Å². The third-order valence-corrected chi connectivity index (χ3v) is 5.80. The minimum atomic E-state index is -0.105. The Morgan fingerprint density at radius 2 is 1.14 bits per heavy atom. The maximum absolute atomic E-state index is 8.21. The molecule has 0 radical (unpaired) electrons. The third-order valence-electron chi connectivity index (χ3n) is 5.80. The average Bonchev–Trinajstić information content (AvgIpc) is 2.90. The number of aromatic nitrogens is 1. The van der Waals surface area contributed by atoms with Crippen LogP contribution in [0, 0.1) is 5.41 Å². The van der Waals surface area contributed by atoms with Gasteiger partial charge in [0.2, 0.25) is 0 Å². The van der Waals surface area contributed by atoms with E-state index >= 15 is 0 Å². The van der Waals surface area contributed by atoms with Crippen LogP contribution in [0.4, 0.5) is 5.69 Å². The van der Waals surface area contributed by atoms with Crippen molar-refractivity contribution in [1.82, 2.24) is 4.98 Å². The molecule has 0 unspecified atom stereocenters. The van der Waals surface area contributed by atoms with Crippen LogP contribution < -0.4 is 16.2 Å². The first-order valence-electron chi connectivity index (χ1n) is 11.2. The van der Waals surface area contributed by atoms with Crippen LogP contribution >= 0.6 is 0 Å². The predicted octanol–water partition coefficient (Wildman–Crippen LogP) is 6.74. The van der Waals surface area contributed by atoms with E-state index in [0.717, 1.165) is 28.0 Å². The van der Waals surface area contributed by atoms with Crippen LogP contribution in [-0.4, -0.2) is 10.8 Å². The van der Waals surface area contributed by atoms with Crippen molar-refractivity contribution >= 4 is 11.5 Å². The van der Waals surface area contributed by atoms with Crippen LogP contribution in [0.1, 0.15) is 5.56 Å². The van der Waals surface area contributed by atoms with E-state index in [1.165, 1.54) is 0 Å². The van der Waals surface area contributed by atoms with E-state index in [-0.39, 0.29) is 5.84 Å². The van der Waals surface area contributed by atoms with Gasteiger partial charge >= 0.3 is 0 Å². The molecule has 170 valence electrons. The molecule has 5 nitrogen and oxygen atoms in total. The number of nitrogen functional groups attached to an aromatic ring is 2. The van der Waals surface area contributed by atoms with Crippen molar-refractivity contribution in [1.29, 1.82) is 5.41 Å². The van der Waals surface area contributed by atoms with Gasteiger partial charge in [-0.15, -0.1) is 0 Å². The second kappa shape index (κ2) is 9.53. The van der Waals surface area contributed by atoms with Gasteiger partial charge < -0.3 is 16.2 Å². The zero-order valence-electron chi connectivity index (χ0n) is 19.0. The van der Waals surface area contributed by atoms with Gasteiger partial charge in [0, 0.05) is 17.3 Å². The van der Waals surface area contributed by atoms with Crippen molar-refractivity contribution in [3.05, 3.63) is 121 Å². The maximum Gasteiger partial charge on any atom is 0.127 e. The van der Waals surface area contributed by atoms with Crippen molar-refractivity contribution in [2.75, 3.05) is 5.73 Å². The summed E-state index contributed by atoms with van der Waals surface area (Å²) >= 11 is 0. The van der Waals surface area contributed by atoms with Crippen LogP contribution in [-0.2, 0) is 0 Å². The number of nitrogens with one attached hydrogen (secondary N) is 1. The van der Waals surface area contributed by atoms with Gasteiger partial charge in [0.25, 0.3) is 0 Å². The van der Waals surface area contributed by atoms with Gasteiger partial charge in [-0.25, -0.2) is 0 Å². The Kier molecular flexibility index (Phi) is 5.97. The molecule has 0 aliphatic carbocycles. The van der Waals surface area contributed by atoms with Crippen molar-refractivity contribution in [2.45, 2.75) is 0 Å². The molecule has 0 bridgehead atoms. The summed E-state index contributed by atoms with van der Waals surface area (Å²) in [7, 11) is 0. The number of pyridine rings is 1. The number of rotatable bonds is 6. The van der Waals surface area contributed by atoms with Gasteiger partial charge in [-0.3, -0.25) is 10.4 Å². The number of hydrogen-bond acceptors (Lipinski definition) is 4. The van der Waals surface area contributed by atoms with E-state index in [1.807, 2.05) is 97.1 Å². The minimum Gasteiger partial charge on any atom is -0.457 e. The lowest BCUT2D eigenvalue weighted by molar-refractivity contribution is 0.483. The zero-order chi connectivity index (χ0) is 24.2. The van der Waals surface area contributed by atoms with E-state index in [9.17, 15) is 0 Å². The zero-order valence-corrected chi connectivity index (χ0v) is 19.0. The summed E-state index contributed by atoms with van der Waals surface area (Å²) in [4.78, 5) is 4.65. The second-order valence-corrected chi connectivity index (χ2v) is 8.11. The highest BCUT2D eigenvalue weighted by molar-refractivity contribution is 6.08. The second-order valence-electron chi connectivity index (χ2n) is 8.11. The fraction of sp³-hybridized carbons (Fsp3) is 0. The van der Waals surface area contributed by atoms with Crippen LogP contribution in [0.15, 0.2) is 115 Å². The van der Waals surface area contributed by atoms with Gasteiger partial charge in [-0.2, -0.15) is 0 Å². The van der Waals surface area contributed by atoms with Crippen molar-refractivity contribution < 1.29 is 4.74 Å². The topological polar surface area (TPSA) is 98.0 Å². The van der Waals surface area contributed by atoms with Crippen LogP contribution in [0.25, 0.3) is 33.5 Å². The molecule has 0 saturated carbocycles. The number of hydrogen-bond donors (Lipinski definition) is 3. The monoisotopic (exact) mass is 456 g/mol. The lowest BCUT2D eigenvalue weighted by Gasteiger charge is -2.15. The maximum atomic E-state index is 8.21. The Hall–Kier alpha value is -4.90. The number of ether oxygens (including phenoxy) is 1. The SMILES string of the molecule is N=C(N)c1c(-c2ccc(Oc3ccccc3)cc2)cnc(-c2ccc(-c3ccccc3)cc2)c1N. The highest BCUT2D eigenvalue weighted by atomic mass is 16.5. The predicted molar refractivity (Wildman–Crippen MR) is 142 cm³/mol. The molecule has 0 fully saturated rings. The van der Waals surface area contributed by atoms with Crippen LogP contribution in [0.3, 0.4) is 0 Å². The largest absolute Gasteiger partial charge is 0.457 e. The number of anilines is 1. The molecular formula is C30H24N4O. The molecule has 0 aliphatic rings. The van der Waals surface area contributed by atoms with Gasteiger partial charge in [0.1, 0.15) is 17.3 Å². The normalized spacial score (nSPS) is 10.6. The van der Waals surface area contributed by atoms with E-state index < -0.39 is 0 Å². The lowest BCUT2D eigenvalue weighted by atomic mass is 9.96. The molecule has 1 heterocycles. The van der Waals surface area contributed by atoms with Gasteiger partial charge in [0.15, 0.2) is 0 Å². The number of benzene rings is 4. The smallest absolute Gasteiger partial charge is 0.127 e. The van der Waals surface area contributed by atoms with Crippen molar-refractivity contribution in [3.63, 3.8) is 0 Å². The summed E-state index contributed by atoms with van der Waals surface area (Å²) in [6.07, 6.45) is 1.72. The molecule has 1 aromatic heterocycles. The Morgan fingerprint density at radius 1 is 0.629 bits per heavy atom. The van der Waals surface area contributed by atoms with Crippen LogP contribution in [0.2, 0.25) is 0 Å². The molecule has 0 atom stereocenters. The lowest BCUT2D eigenvalue weighted by Crippen LogP contribution is -2.16. The van der Waals surface area contributed by atoms with Gasteiger partial charge in [-0.1, -0.05) is 84.9 Å². The number of para-hydroxylation sites is 1. The standard InChI is InChI=1S/C30H24N4O/c31-28-27(30(32)33)26(22-15-17-25(18-16-22)35-24-9-5-2-6-10-24)19-34-29(28)23-13-11-21(12-14-23)20-7-3-1-4-8-20/h1-19H,31H2,(H3,32,33). The van der Waals surface area contributed by atoms with E-state index in [0.29, 0.717) is 28.3 Å². The molecule has 5 N–H and O–H groups in total. The Bertz CT molecular complexity index is 1460. The third kappa shape index (κ3) is 4.61. The Labute approximate surface area is 204 Å². The summed E-state index contributed by atoms with van der Waals surface area (Å²) in [5.41, 5.74) is 18.6. The summed E-state index contributed by atoms with van der Waals surface area (Å²) in [5, 5.41) is 8.21. The first-order valence-corrected chi connectivity index (χ1v) is 11.2. The van der Waals surface area contributed by atoms with Gasteiger partial charge in [0.05, 0.1) is 16.9 Å². The highest BCUT2D eigenvalue weighted by Gasteiger charge is 2.17. The summed E-state index contributed by atoms with van der Waals surface area (Å²) in [5.74, 6) is 1.37. The van der Waals surface area contributed by atoms with Crippen LogP contribution in [0.5, 0.6) is 11.5 Å². The molecule has 4 aromatic carbocycles. The average molecular weight is 457 g/mol. The van der Waals surface area contributed by atoms with Crippen molar-refractivity contribution in [3.8, 4) is 45.0 Å². The molecular weight excluding hydrogens is 432 g/mol. The fourth-order valence-electron chi connectivity index (χ4n) is 4.04. The Morgan fingerprint density at radius 3 is 1.77 bits per heavy atom.